The van der Waals surface area contributed by atoms with E-state index in [-0.39, 0.29) is 33.8 Å². The topological polar surface area (TPSA) is 96.5 Å². The Morgan fingerprint density at radius 3 is 2.58 bits per heavy atom. The minimum absolute atomic E-state index is 0.0145. The van der Waals surface area contributed by atoms with E-state index in [1.807, 2.05) is 0 Å². The fourth-order valence-corrected chi connectivity index (χ4v) is 2.71. The Bertz CT molecular complexity index is 880. The van der Waals surface area contributed by atoms with Gasteiger partial charge in [0, 0.05) is 16.7 Å². The molecule has 0 fully saturated rings. The minimum Gasteiger partial charge on any atom is -0.508 e. The number of aromatic hydroxyl groups is 2. The Morgan fingerprint density at radius 2 is 1.88 bits per heavy atom. The van der Waals surface area contributed by atoms with E-state index < -0.39 is 0 Å². The smallest absolute Gasteiger partial charge is 0.277 e. The van der Waals surface area contributed by atoms with Crippen molar-refractivity contribution in [2.24, 2.45) is 0 Å². The molecule has 0 aliphatic rings. The van der Waals surface area contributed by atoms with Gasteiger partial charge < -0.3 is 14.6 Å². The van der Waals surface area contributed by atoms with E-state index in [1.165, 1.54) is 12.1 Å². The van der Waals surface area contributed by atoms with Gasteiger partial charge in [-0.05, 0) is 36.4 Å². The van der Waals surface area contributed by atoms with E-state index >= 15 is 0 Å². The van der Waals surface area contributed by atoms with Gasteiger partial charge in [0.05, 0.1) is 11.3 Å². The number of hydrogen-bond donors (Lipinski definition) is 2. The highest BCUT2D eigenvalue weighted by Gasteiger charge is 2.15. The predicted octanol–water partition coefficient (Wildman–Crippen LogP) is 3.78. The van der Waals surface area contributed by atoms with Crippen LogP contribution in [0.1, 0.15) is 10.4 Å². The van der Waals surface area contributed by atoms with Crippen molar-refractivity contribution in [2.45, 2.75) is 5.22 Å². The molecule has 0 aliphatic heterocycles. The number of aromatic nitrogens is 2. The van der Waals surface area contributed by atoms with Crippen LogP contribution in [0.15, 0.2) is 52.1 Å². The maximum Gasteiger partial charge on any atom is 0.277 e. The molecule has 0 aliphatic carbocycles. The maximum atomic E-state index is 12.1. The fraction of sp³-hybridized carbons (Fsp3) is 0.0625. The van der Waals surface area contributed by atoms with Crippen molar-refractivity contribution in [1.82, 2.24) is 10.2 Å². The second-order valence-corrected chi connectivity index (χ2v) is 6.16. The zero-order valence-corrected chi connectivity index (χ0v) is 13.7. The molecule has 1 aromatic heterocycles. The molecule has 0 saturated heterocycles. The summed E-state index contributed by atoms with van der Waals surface area (Å²) in [6.45, 7) is 0. The number of carbonyl (C=O) groups is 1. The number of thioether (sulfide) groups is 1. The van der Waals surface area contributed by atoms with Crippen molar-refractivity contribution in [3.05, 3.63) is 53.1 Å². The second kappa shape index (κ2) is 6.94. The van der Waals surface area contributed by atoms with Crippen LogP contribution in [0.25, 0.3) is 11.5 Å². The first-order chi connectivity index (χ1) is 11.5. The van der Waals surface area contributed by atoms with E-state index in [2.05, 4.69) is 10.2 Å². The molecule has 0 amide bonds. The number of benzene rings is 2. The molecule has 3 aromatic rings. The monoisotopic (exact) mass is 362 g/mol. The van der Waals surface area contributed by atoms with Crippen LogP contribution in [0.4, 0.5) is 0 Å². The third-order valence-corrected chi connectivity index (χ3v) is 4.18. The summed E-state index contributed by atoms with van der Waals surface area (Å²) >= 11 is 6.89. The number of phenols is 2. The van der Waals surface area contributed by atoms with Crippen molar-refractivity contribution in [3.63, 3.8) is 0 Å². The largest absolute Gasteiger partial charge is 0.508 e. The van der Waals surface area contributed by atoms with Crippen LogP contribution in [-0.2, 0) is 0 Å². The van der Waals surface area contributed by atoms with Gasteiger partial charge >= 0.3 is 0 Å². The molecule has 0 radical (unpaired) electrons. The van der Waals surface area contributed by atoms with E-state index in [9.17, 15) is 15.0 Å². The van der Waals surface area contributed by atoms with Crippen LogP contribution in [-0.4, -0.2) is 31.9 Å². The molecule has 2 N–H and O–H groups in total. The van der Waals surface area contributed by atoms with Crippen molar-refractivity contribution < 1.29 is 19.4 Å². The number of carbonyl (C=O) groups excluding carboxylic acids is 1. The Hall–Kier alpha value is -2.51. The van der Waals surface area contributed by atoms with Gasteiger partial charge in [0.1, 0.15) is 11.5 Å². The Kier molecular flexibility index (Phi) is 4.73. The van der Waals surface area contributed by atoms with Gasteiger partial charge in [-0.25, -0.2) is 0 Å². The summed E-state index contributed by atoms with van der Waals surface area (Å²) in [6.07, 6.45) is 0. The molecule has 3 rings (SSSR count). The predicted molar refractivity (Wildman–Crippen MR) is 89.6 cm³/mol. The number of rotatable bonds is 5. The Balaban J connectivity index is 1.67. The van der Waals surface area contributed by atoms with Crippen LogP contribution in [0, 0.1) is 0 Å². The first-order valence-electron chi connectivity index (χ1n) is 6.80. The van der Waals surface area contributed by atoms with Crippen molar-refractivity contribution in [1.29, 1.82) is 0 Å². The van der Waals surface area contributed by atoms with Gasteiger partial charge in [0.2, 0.25) is 5.89 Å². The lowest BCUT2D eigenvalue weighted by molar-refractivity contribution is 0.101. The third-order valence-electron chi connectivity index (χ3n) is 3.11. The molecule has 0 saturated carbocycles. The number of halogens is 1. The zero-order valence-electron chi connectivity index (χ0n) is 12.1. The van der Waals surface area contributed by atoms with Gasteiger partial charge in [0.25, 0.3) is 5.22 Å². The standard InChI is InChI=1S/C16H11ClN2O4S/c17-10-3-1-9(2-4-10)15-18-19-16(23-15)24-8-14(22)12-6-5-11(20)7-13(12)21/h1-7,20-21H,8H2. The fourth-order valence-electron chi connectivity index (χ4n) is 1.94. The molecule has 1 heterocycles. The molecule has 0 unspecified atom stereocenters. The average Bonchev–Trinajstić information content (AvgIpc) is 3.02. The van der Waals surface area contributed by atoms with Gasteiger partial charge in [-0.1, -0.05) is 23.4 Å². The SMILES string of the molecule is O=C(CSc1nnc(-c2ccc(Cl)cc2)o1)c1ccc(O)cc1O. The zero-order chi connectivity index (χ0) is 17.1. The van der Waals surface area contributed by atoms with E-state index in [0.29, 0.717) is 10.9 Å². The summed E-state index contributed by atoms with van der Waals surface area (Å²) in [5, 5.41) is 27.6. The quantitative estimate of drug-likeness (QED) is 0.526. The van der Waals surface area contributed by atoms with Crippen LogP contribution in [0.3, 0.4) is 0 Å². The average molecular weight is 363 g/mol. The van der Waals surface area contributed by atoms with Gasteiger partial charge in [-0.15, -0.1) is 10.2 Å². The summed E-state index contributed by atoms with van der Waals surface area (Å²) in [4.78, 5) is 12.1. The van der Waals surface area contributed by atoms with Crippen molar-refractivity contribution >= 4 is 29.1 Å². The van der Waals surface area contributed by atoms with Crippen LogP contribution < -0.4 is 0 Å². The van der Waals surface area contributed by atoms with Crippen molar-refractivity contribution in [2.75, 3.05) is 5.75 Å². The lowest BCUT2D eigenvalue weighted by Gasteiger charge is -2.02. The number of hydrogen-bond acceptors (Lipinski definition) is 7. The molecule has 122 valence electrons. The summed E-state index contributed by atoms with van der Waals surface area (Å²) < 4.78 is 5.49. The van der Waals surface area contributed by atoms with Crippen LogP contribution in [0.2, 0.25) is 5.02 Å². The van der Waals surface area contributed by atoms with Gasteiger partial charge in [-0.3, -0.25) is 4.79 Å². The molecule has 2 aromatic carbocycles. The molecule has 0 bridgehead atoms. The molecular weight excluding hydrogens is 352 g/mol. The molecular formula is C16H11ClN2O4S. The summed E-state index contributed by atoms with van der Waals surface area (Å²) in [5.41, 5.74) is 0.846. The summed E-state index contributed by atoms with van der Waals surface area (Å²) in [7, 11) is 0. The Morgan fingerprint density at radius 1 is 1.12 bits per heavy atom. The highest BCUT2D eigenvalue weighted by atomic mass is 35.5. The Labute approximate surface area is 146 Å². The highest BCUT2D eigenvalue weighted by molar-refractivity contribution is 7.99. The number of ketones is 1. The number of Topliss-reactive ketones (excluding diaryl/α,β-unsaturated/α-hetero) is 1. The lowest BCUT2D eigenvalue weighted by atomic mass is 10.1. The molecule has 0 spiro atoms. The summed E-state index contributed by atoms with van der Waals surface area (Å²) in [5.74, 6) is -0.354. The highest BCUT2D eigenvalue weighted by Crippen LogP contribution is 2.27. The van der Waals surface area contributed by atoms with Crippen LogP contribution in [0.5, 0.6) is 11.5 Å². The first kappa shape index (κ1) is 16.4. The van der Waals surface area contributed by atoms with Gasteiger partial charge in [-0.2, -0.15) is 0 Å². The molecule has 8 heteroatoms. The molecule has 24 heavy (non-hydrogen) atoms. The molecule has 0 atom stereocenters. The first-order valence-corrected chi connectivity index (χ1v) is 8.17. The normalized spacial score (nSPS) is 10.7. The maximum absolute atomic E-state index is 12.1. The lowest BCUT2D eigenvalue weighted by Crippen LogP contribution is -2.02. The minimum atomic E-state index is -0.316. The van der Waals surface area contributed by atoms with E-state index in [1.54, 1.807) is 24.3 Å². The van der Waals surface area contributed by atoms with Crippen molar-refractivity contribution in [3.8, 4) is 23.0 Å². The number of nitrogens with zero attached hydrogens (tertiary/aromatic N) is 2. The van der Waals surface area contributed by atoms with Gasteiger partial charge in [0.15, 0.2) is 5.78 Å². The van der Waals surface area contributed by atoms with E-state index in [0.717, 1.165) is 23.4 Å². The summed E-state index contributed by atoms with van der Waals surface area (Å²) in [6, 6.07) is 10.7. The third kappa shape index (κ3) is 3.69. The number of phenolic OH excluding ortho intramolecular Hbond substituents is 2. The molecule has 6 nitrogen and oxygen atoms in total. The van der Waals surface area contributed by atoms with E-state index in [4.69, 9.17) is 16.0 Å². The van der Waals surface area contributed by atoms with Crippen LogP contribution >= 0.6 is 23.4 Å². The second-order valence-electron chi connectivity index (χ2n) is 4.79.